The molecule has 5 heteroatoms. The Hall–Kier alpha value is -1.04. The van der Waals surface area contributed by atoms with E-state index in [0.717, 1.165) is 32.1 Å². The minimum Gasteiger partial charge on any atom is -0.383 e. The van der Waals surface area contributed by atoms with Crippen molar-refractivity contribution in [3.63, 3.8) is 0 Å². The predicted octanol–water partition coefficient (Wildman–Crippen LogP) is 2.17. The molecule has 1 fully saturated rings. The van der Waals surface area contributed by atoms with Gasteiger partial charge in [-0.2, -0.15) is 0 Å². The number of halogens is 2. The second-order valence-electron chi connectivity index (χ2n) is 5.30. The molecule has 1 aromatic carbocycles. The molecule has 0 radical (unpaired) electrons. The van der Waals surface area contributed by atoms with Crippen LogP contribution in [0.25, 0.3) is 0 Å². The first-order chi connectivity index (χ1) is 9.67. The third kappa shape index (κ3) is 4.81. The normalized spacial score (nSPS) is 18.9. The van der Waals surface area contributed by atoms with Crippen molar-refractivity contribution < 1.29 is 13.5 Å². The largest absolute Gasteiger partial charge is 0.383 e. The van der Waals surface area contributed by atoms with E-state index in [0.29, 0.717) is 24.8 Å². The van der Waals surface area contributed by atoms with Crippen molar-refractivity contribution in [3.8, 4) is 0 Å². The van der Waals surface area contributed by atoms with Crippen LogP contribution in [0, 0.1) is 11.6 Å². The van der Waals surface area contributed by atoms with Crippen LogP contribution in [-0.4, -0.2) is 44.3 Å². The molecular formula is C15H22F2N2O. The molecule has 1 aliphatic rings. The van der Waals surface area contributed by atoms with Crippen LogP contribution in [0.15, 0.2) is 18.2 Å². The summed E-state index contributed by atoms with van der Waals surface area (Å²) in [6, 6.07) is 4.16. The van der Waals surface area contributed by atoms with Crippen LogP contribution < -0.4 is 5.32 Å². The fourth-order valence-corrected chi connectivity index (χ4v) is 2.64. The minimum atomic E-state index is -0.523. The molecule has 0 spiro atoms. The van der Waals surface area contributed by atoms with Crippen molar-refractivity contribution in [3.05, 3.63) is 35.4 Å². The predicted molar refractivity (Wildman–Crippen MR) is 74.5 cm³/mol. The highest BCUT2D eigenvalue weighted by atomic mass is 19.1. The third-order valence-corrected chi connectivity index (χ3v) is 3.58. The topological polar surface area (TPSA) is 24.5 Å². The van der Waals surface area contributed by atoms with Crippen LogP contribution >= 0.6 is 0 Å². The van der Waals surface area contributed by atoms with E-state index >= 15 is 0 Å². The number of rotatable bonds is 7. The molecular weight excluding hydrogens is 262 g/mol. The Morgan fingerprint density at radius 3 is 2.65 bits per heavy atom. The summed E-state index contributed by atoms with van der Waals surface area (Å²) in [6.07, 6.45) is 2.35. The van der Waals surface area contributed by atoms with Gasteiger partial charge in [-0.3, -0.25) is 4.90 Å². The summed E-state index contributed by atoms with van der Waals surface area (Å²) in [5.74, 6) is -1.05. The second-order valence-corrected chi connectivity index (χ2v) is 5.30. The lowest BCUT2D eigenvalue weighted by atomic mass is 10.1. The van der Waals surface area contributed by atoms with Crippen molar-refractivity contribution in [1.82, 2.24) is 10.2 Å². The first kappa shape index (κ1) is 15.4. The van der Waals surface area contributed by atoms with Gasteiger partial charge in [0.2, 0.25) is 0 Å². The number of hydrogen-bond donors (Lipinski definition) is 1. The number of ether oxygens (including phenoxy) is 1. The smallest absolute Gasteiger partial charge is 0.126 e. The van der Waals surface area contributed by atoms with Crippen LogP contribution in [0.4, 0.5) is 8.78 Å². The molecule has 112 valence electrons. The molecule has 1 heterocycles. The summed E-state index contributed by atoms with van der Waals surface area (Å²) in [4.78, 5) is 2.18. The first-order valence-corrected chi connectivity index (χ1v) is 7.07. The molecule has 0 amide bonds. The molecule has 2 rings (SSSR count). The average Bonchev–Trinajstić information content (AvgIpc) is 2.87. The van der Waals surface area contributed by atoms with E-state index in [2.05, 4.69) is 10.2 Å². The van der Waals surface area contributed by atoms with Gasteiger partial charge < -0.3 is 10.1 Å². The van der Waals surface area contributed by atoms with Gasteiger partial charge in [0, 0.05) is 38.9 Å². The highest BCUT2D eigenvalue weighted by Crippen LogP contribution is 2.13. The van der Waals surface area contributed by atoms with E-state index in [9.17, 15) is 8.78 Å². The molecule has 1 atom stereocenters. The Kier molecular flexibility index (Phi) is 5.88. The van der Waals surface area contributed by atoms with Gasteiger partial charge in [0.15, 0.2) is 0 Å². The van der Waals surface area contributed by atoms with E-state index in [1.807, 2.05) is 0 Å². The zero-order valence-corrected chi connectivity index (χ0v) is 11.9. The van der Waals surface area contributed by atoms with Crippen LogP contribution in [0.1, 0.15) is 18.4 Å². The van der Waals surface area contributed by atoms with Crippen molar-refractivity contribution >= 4 is 0 Å². The second kappa shape index (κ2) is 7.67. The van der Waals surface area contributed by atoms with Gasteiger partial charge in [0.05, 0.1) is 6.61 Å². The fraction of sp³-hybridized carbons (Fsp3) is 0.600. The lowest BCUT2D eigenvalue weighted by Gasteiger charge is -2.25. The number of methoxy groups -OCH3 is 1. The zero-order valence-electron chi connectivity index (χ0n) is 11.9. The maximum atomic E-state index is 13.2. The fourth-order valence-electron chi connectivity index (χ4n) is 2.64. The summed E-state index contributed by atoms with van der Waals surface area (Å²) >= 11 is 0. The van der Waals surface area contributed by atoms with E-state index in [-0.39, 0.29) is 0 Å². The van der Waals surface area contributed by atoms with Crippen LogP contribution in [0.5, 0.6) is 0 Å². The highest BCUT2D eigenvalue weighted by Gasteiger charge is 2.18. The van der Waals surface area contributed by atoms with E-state index < -0.39 is 11.6 Å². The lowest BCUT2D eigenvalue weighted by Crippen LogP contribution is -2.38. The molecule has 1 aromatic rings. The third-order valence-electron chi connectivity index (χ3n) is 3.58. The van der Waals surface area contributed by atoms with E-state index in [4.69, 9.17) is 4.74 Å². The summed E-state index contributed by atoms with van der Waals surface area (Å²) < 4.78 is 31.6. The van der Waals surface area contributed by atoms with Crippen LogP contribution in [0.2, 0.25) is 0 Å². The number of hydrogen-bond acceptors (Lipinski definition) is 3. The van der Waals surface area contributed by atoms with E-state index in [1.54, 1.807) is 7.11 Å². The van der Waals surface area contributed by atoms with Crippen molar-refractivity contribution in [2.45, 2.75) is 25.4 Å². The molecule has 3 nitrogen and oxygen atoms in total. The quantitative estimate of drug-likeness (QED) is 0.830. The SMILES string of the molecule is COCCN(Cc1cc(F)cc(F)c1)CC1CCCN1. The average molecular weight is 284 g/mol. The number of nitrogens with zero attached hydrogens (tertiary/aromatic N) is 1. The monoisotopic (exact) mass is 284 g/mol. The number of nitrogens with one attached hydrogen (secondary N) is 1. The molecule has 0 bridgehead atoms. The Labute approximate surface area is 118 Å². The van der Waals surface area contributed by atoms with Gasteiger partial charge >= 0.3 is 0 Å². The molecule has 1 aliphatic heterocycles. The first-order valence-electron chi connectivity index (χ1n) is 7.07. The number of benzene rings is 1. The molecule has 0 aromatic heterocycles. The van der Waals surface area contributed by atoms with Gasteiger partial charge in [0.1, 0.15) is 11.6 Å². The van der Waals surface area contributed by atoms with E-state index in [1.165, 1.54) is 18.6 Å². The van der Waals surface area contributed by atoms with Crippen LogP contribution in [-0.2, 0) is 11.3 Å². The van der Waals surface area contributed by atoms with Gasteiger partial charge in [-0.25, -0.2) is 8.78 Å². The van der Waals surface area contributed by atoms with Crippen LogP contribution in [0.3, 0.4) is 0 Å². The Balaban J connectivity index is 1.97. The molecule has 1 saturated heterocycles. The maximum Gasteiger partial charge on any atom is 0.126 e. The highest BCUT2D eigenvalue weighted by molar-refractivity contribution is 5.17. The molecule has 20 heavy (non-hydrogen) atoms. The summed E-state index contributed by atoms with van der Waals surface area (Å²) in [5, 5.41) is 3.44. The Morgan fingerprint density at radius 2 is 2.05 bits per heavy atom. The van der Waals surface area contributed by atoms with Crippen molar-refractivity contribution in [2.75, 3.05) is 33.4 Å². The minimum absolute atomic E-state index is 0.463. The standard InChI is InChI=1S/C15H22F2N2O/c1-20-6-5-19(11-15-3-2-4-18-15)10-12-7-13(16)9-14(17)8-12/h7-9,15,18H,2-6,10-11H2,1H3. The lowest BCUT2D eigenvalue weighted by molar-refractivity contribution is 0.138. The maximum absolute atomic E-state index is 13.2. The van der Waals surface area contributed by atoms with Crippen molar-refractivity contribution in [2.24, 2.45) is 0 Å². The summed E-state index contributed by atoms with van der Waals surface area (Å²) in [7, 11) is 1.66. The Morgan fingerprint density at radius 1 is 1.30 bits per heavy atom. The molecule has 1 N–H and O–H groups in total. The Bertz CT molecular complexity index is 402. The summed E-state index contributed by atoms with van der Waals surface area (Å²) in [6.45, 7) is 3.84. The summed E-state index contributed by atoms with van der Waals surface area (Å²) in [5.41, 5.74) is 0.664. The molecule has 1 unspecified atom stereocenters. The molecule has 0 aliphatic carbocycles. The van der Waals surface area contributed by atoms with Gasteiger partial charge in [-0.15, -0.1) is 0 Å². The molecule has 0 saturated carbocycles. The van der Waals surface area contributed by atoms with Crippen molar-refractivity contribution in [1.29, 1.82) is 0 Å². The van der Waals surface area contributed by atoms with Gasteiger partial charge in [-0.05, 0) is 37.1 Å². The zero-order chi connectivity index (χ0) is 14.4. The van der Waals surface area contributed by atoms with Gasteiger partial charge in [-0.1, -0.05) is 0 Å². The van der Waals surface area contributed by atoms with Gasteiger partial charge in [0.25, 0.3) is 0 Å².